The van der Waals surface area contributed by atoms with Gasteiger partial charge in [-0.1, -0.05) is 60.7 Å². The molecule has 0 radical (unpaired) electrons. The number of hydrogen-bond donors (Lipinski definition) is 1. The number of carbonyl (C=O) groups is 3. The largest absolute Gasteiger partial charge is 0.456 e. The van der Waals surface area contributed by atoms with E-state index >= 15 is 0 Å². The highest BCUT2D eigenvalue weighted by molar-refractivity contribution is 7.85. The van der Waals surface area contributed by atoms with E-state index in [2.05, 4.69) is 60.6 Å². The third-order valence-corrected chi connectivity index (χ3v) is 14.6. The smallest absolute Gasteiger partial charge is 0.333 e. The minimum Gasteiger partial charge on any atom is -0.456 e. The lowest BCUT2D eigenvalue weighted by molar-refractivity contribution is -0.438. The Morgan fingerprint density at radius 1 is 0.766 bits per heavy atom. The fourth-order valence-electron chi connectivity index (χ4n) is 9.80. The number of methoxy groups -OCH3 is 1. The summed E-state index contributed by atoms with van der Waals surface area (Å²) in [7, 11) is -2.81. The number of ether oxygens (including phenoxy) is 7. The maximum atomic E-state index is 12.5. The molecule has 3 aromatic rings. The Labute approximate surface area is 453 Å². The standard InChI is InChI=1S/C59H73N3O14S/c1-43-42-58(2,3)61(26-27-70-30-31-72-34-35-74-37-36-73-33-32-71-29-28-69-6)51-41-53-48(40-47(43)51)45(38-52(75-53)44-16-10-7-11-17-44)18-12-8-13-19-54-59(4,5)49-39-46(77(66,67)68)21-22-50(49)60(54)25-15-9-14-20-57(65)76-62-55(63)23-24-56(62)64/h7-8,10-13,16-19,21-22,38-42H,9,14-15,20,23-37H2,1-6H3/p+1. The number of nitrogens with zero attached hydrogens (tertiary/aromatic N) is 3. The van der Waals surface area contributed by atoms with Gasteiger partial charge >= 0.3 is 5.97 Å². The van der Waals surface area contributed by atoms with Gasteiger partial charge in [-0.15, -0.1) is 5.06 Å². The Kier molecular flexibility index (Phi) is 20.9. The highest BCUT2D eigenvalue weighted by atomic mass is 32.2. The number of anilines is 1. The first-order valence-corrected chi connectivity index (χ1v) is 27.8. The van der Waals surface area contributed by atoms with Crippen LogP contribution < -0.4 is 9.64 Å². The highest BCUT2D eigenvalue weighted by Crippen LogP contribution is 2.47. The van der Waals surface area contributed by atoms with Crippen LogP contribution in [0, 0.1) is 0 Å². The SMILES string of the molecule is COCCOCCOCCOCCOCCOCCN1c2cc3c(cc2C(C)=CC1(C)C)C(=CC=CC=CC1=[N+](CCCCCC(=O)ON2C(=O)CCC2=O)c2ccc(S(=O)(=O)O)cc2C1(C)C)C=C(c1ccccc1)O3. The molecule has 1 fully saturated rings. The van der Waals surface area contributed by atoms with Crippen LogP contribution in [0.5, 0.6) is 5.75 Å². The zero-order valence-corrected chi connectivity index (χ0v) is 46.1. The van der Waals surface area contributed by atoms with Crippen molar-refractivity contribution in [2.45, 2.75) is 89.0 Å². The molecule has 414 valence electrons. The molecule has 0 saturated carbocycles. The molecule has 18 heteroatoms. The van der Waals surface area contributed by atoms with Crippen molar-refractivity contribution in [1.82, 2.24) is 5.06 Å². The van der Waals surface area contributed by atoms with Crippen LogP contribution in [0.3, 0.4) is 0 Å². The molecule has 0 unspecified atom stereocenters. The van der Waals surface area contributed by atoms with Crippen molar-refractivity contribution in [1.29, 1.82) is 0 Å². The zero-order valence-electron chi connectivity index (χ0n) is 45.3. The number of hydrogen-bond acceptors (Lipinski definition) is 14. The molecule has 17 nitrogen and oxygen atoms in total. The summed E-state index contributed by atoms with van der Waals surface area (Å²) >= 11 is 0. The van der Waals surface area contributed by atoms with Gasteiger partial charge in [0.2, 0.25) is 5.69 Å². The van der Waals surface area contributed by atoms with Crippen LogP contribution in [-0.4, -0.2) is 145 Å². The van der Waals surface area contributed by atoms with E-state index in [-0.39, 0.29) is 29.7 Å². The monoisotopic (exact) mass is 1080 g/mol. The Balaban J connectivity index is 1.02. The molecule has 77 heavy (non-hydrogen) atoms. The molecule has 7 rings (SSSR count). The average Bonchev–Trinajstić information content (AvgIpc) is 4.02. The van der Waals surface area contributed by atoms with Crippen molar-refractivity contribution < 1.29 is 69.9 Å². The average molecular weight is 1080 g/mol. The van der Waals surface area contributed by atoms with E-state index in [1.54, 1.807) is 13.2 Å². The van der Waals surface area contributed by atoms with E-state index in [4.69, 9.17) is 38.0 Å². The van der Waals surface area contributed by atoms with Crippen molar-refractivity contribution in [2.24, 2.45) is 0 Å². The van der Waals surface area contributed by atoms with Gasteiger partial charge < -0.3 is 42.9 Å². The predicted octanol–water partition coefficient (Wildman–Crippen LogP) is 8.84. The van der Waals surface area contributed by atoms with E-state index < -0.39 is 33.3 Å². The van der Waals surface area contributed by atoms with Gasteiger partial charge in [-0.05, 0) is 82.9 Å². The number of allylic oxidation sites excluding steroid dienone is 8. The highest BCUT2D eigenvalue weighted by Gasteiger charge is 2.45. The molecule has 2 amide bonds. The molecule has 1 saturated heterocycles. The van der Waals surface area contributed by atoms with Crippen LogP contribution in [0.4, 0.5) is 11.4 Å². The first-order valence-electron chi connectivity index (χ1n) is 26.4. The van der Waals surface area contributed by atoms with Crippen molar-refractivity contribution in [3.8, 4) is 5.75 Å². The molecule has 3 aromatic carbocycles. The summed E-state index contributed by atoms with van der Waals surface area (Å²) in [5.74, 6) is -0.219. The summed E-state index contributed by atoms with van der Waals surface area (Å²) in [5.41, 5.74) is 7.71. The van der Waals surface area contributed by atoms with Crippen LogP contribution in [0.1, 0.15) is 95.4 Å². The Bertz CT molecular complexity index is 2870. The van der Waals surface area contributed by atoms with Gasteiger partial charge in [0.1, 0.15) is 18.1 Å². The van der Waals surface area contributed by atoms with Crippen molar-refractivity contribution >= 4 is 61.9 Å². The Morgan fingerprint density at radius 3 is 2.04 bits per heavy atom. The van der Waals surface area contributed by atoms with Gasteiger partial charge in [0.05, 0.1) is 88.5 Å². The molecule has 0 aromatic heterocycles. The lowest BCUT2D eigenvalue weighted by Crippen LogP contribution is -2.46. The second-order valence-electron chi connectivity index (χ2n) is 20.1. The fourth-order valence-corrected chi connectivity index (χ4v) is 10.3. The molecule has 0 spiro atoms. The van der Waals surface area contributed by atoms with Crippen molar-refractivity contribution in [3.05, 3.63) is 125 Å². The number of unbranched alkanes of at least 4 members (excludes halogenated alkanes) is 2. The normalized spacial score (nSPS) is 17.3. The van der Waals surface area contributed by atoms with Gasteiger partial charge in [0, 0.05) is 85.5 Å². The first-order chi connectivity index (χ1) is 37.0. The number of hydroxylamine groups is 2. The maximum absolute atomic E-state index is 12.5. The molecular formula is C59H74N3O14S+. The minimum absolute atomic E-state index is 0.0302. The summed E-state index contributed by atoms with van der Waals surface area (Å²) in [6.07, 6.45) is 16.2. The molecule has 0 aliphatic carbocycles. The van der Waals surface area contributed by atoms with Crippen LogP contribution in [0.2, 0.25) is 0 Å². The third-order valence-electron chi connectivity index (χ3n) is 13.7. The van der Waals surface area contributed by atoms with E-state index in [1.165, 1.54) is 12.1 Å². The summed E-state index contributed by atoms with van der Waals surface area (Å²) in [4.78, 5) is 43.5. The fraction of sp³-hybridized carbons (Fsp3) is 0.458. The lowest BCUT2D eigenvalue weighted by Gasteiger charge is -2.44. The number of amides is 2. The van der Waals surface area contributed by atoms with E-state index in [9.17, 15) is 27.4 Å². The second kappa shape index (κ2) is 27.5. The number of rotatable bonds is 30. The van der Waals surface area contributed by atoms with Gasteiger partial charge in [-0.25, -0.2) is 4.79 Å². The number of carbonyl (C=O) groups excluding carboxylic acids is 3. The van der Waals surface area contributed by atoms with Gasteiger partial charge in [0.25, 0.3) is 21.9 Å². The number of imide groups is 1. The van der Waals surface area contributed by atoms with Crippen LogP contribution in [0.15, 0.2) is 108 Å². The molecule has 0 atom stereocenters. The molecule has 4 aliphatic rings. The summed E-state index contributed by atoms with van der Waals surface area (Å²) < 4.78 is 76.7. The van der Waals surface area contributed by atoms with E-state index in [1.807, 2.05) is 68.5 Å². The summed E-state index contributed by atoms with van der Waals surface area (Å²) in [6.45, 7) is 17.3. The molecule has 1 N–H and O–H groups in total. The molecule has 4 heterocycles. The first kappa shape index (κ1) is 58.6. The predicted molar refractivity (Wildman–Crippen MR) is 294 cm³/mol. The summed E-state index contributed by atoms with van der Waals surface area (Å²) in [5, 5.41) is 0.563. The second-order valence-corrected chi connectivity index (χ2v) is 21.5. The summed E-state index contributed by atoms with van der Waals surface area (Å²) in [6, 6.07) is 19.0. The minimum atomic E-state index is -4.46. The number of benzene rings is 3. The topological polar surface area (TPSA) is 189 Å². The van der Waals surface area contributed by atoms with Gasteiger partial charge in [-0.3, -0.25) is 14.1 Å². The van der Waals surface area contributed by atoms with E-state index in [0.717, 1.165) is 62.0 Å². The van der Waals surface area contributed by atoms with Crippen LogP contribution in [-0.2, 0) is 63.2 Å². The number of fused-ring (bicyclic) bond motifs is 3. The third kappa shape index (κ3) is 15.6. The maximum Gasteiger partial charge on any atom is 0.333 e. The Hall–Kier alpha value is -6.09. The molecule has 4 aliphatic heterocycles. The Morgan fingerprint density at radius 2 is 1.40 bits per heavy atom. The van der Waals surface area contributed by atoms with E-state index in [0.29, 0.717) is 110 Å². The molecule has 0 bridgehead atoms. The zero-order chi connectivity index (χ0) is 55.0. The van der Waals surface area contributed by atoms with Crippen LogP contribution >= 0.6 is 0 Å². The van der Waals surface area contributed by atoms with Gasteiger partial charge in [-0.2, -0.15) is 13.0 Å². The lowest BCUT2D eigenvalue weighted by atomic mass is 9.81. The van der Waals surface area contributed by atoms with Crippen molar-refractivity contribution in [2.75, 3.05) is 97.8 Å². The van der Waals surface area contributed by atoms with Gasteiger partial charge in [0.15, 0.2) is 5.71 Å². The quantitative estimate of drug-likeness (QED) is 0.0219. The van der Waals surface area contributed by atoms with Crippen molar-refractivity contribution in [3.63, 3.8) is 0 Å². The molecular weight excluding hydrogens is 1010 g/mol. The van der Waals surface area contributed by atoms with Crippen LogP contribution in [0.25, 0.3) is 16.9 Å².